The Kier molecular flexibility index (Phi) is 5.47. The first-order chi connectivity index (χ1) is 15.2. The fraction of sp³-hybridized carbons (Fsp3) is 0.429. The molecule has 162 valence electrons. The zero-order valence-electron chi connectivity index (χ0n) is 17.1. The molecule has 1 fully saturated rings. The van der Waals surface area contributed by atoms with E-state index in [2.05, 4.69) is 34.7 Å². The minimum Gasteiger partial charge on any atom is -0.395 e. The van der Waals surface area contributed by atoms with Crippen molar-refractivity contribution in [3.8, 4) is 0 Å². The predicted octanol–water partition coefficient (Wildman–Crippen LogP) is 2.13. The Morgan fingerprint density at radius 2 is 2.19 bits per heavy atom. The van der Waals surface area contributed by atoms with Gasteiger partial charge in [0.15, 0.2) is 11.5 Å². The van der Waals surface area contributed by atoms with Gasteiger partial charge in [-0.25, -0.2) is 24.3 Å². The number of fused-ring (bicyclic) bond motifs is 2. The summed E-state index contributed by atoms with van der Waals surface area (Å²) < 4.78 is 16.3. The van der Waals surface area contributed by atoms with Crippen LogP contribution in [0.1, 0.15) is 24.7 Å². The van der Waals surface area contributed by atoms with E-state index in [9.17, 15) is 9.50 Å². The minimum absolute atomic E-state index is 0.143. The summed E-state index contributed by atoms with van der Waals surface area (Å²) in [5.41, 5.74) is 3.01. The van der Waals surface area contributed by atoms with Crippen LogP contribution in [0.3, 0.4) is 0 Å². The Balaban J connectivity index is 1.41. The number of β-amino-alcohol motifs (C(OH)–C–C–N with tert-alkyl or cyclic N) is 1. The van der Waals surface area contributed by atoms with Crippen LogP contribution in [0.5, 0.6) is 0 Å². The van der Waals surface area contributed by atoms with Crippen LogP contribution in [0.25, 0.3) is 22.2 Å². The van der Waals surface area contributed by atoms with Gasteiger partial charge in [-0.1, -0.05) is 0 Å². The number of nitrogens with zero attached hydrogens (tertiary/aromatic N) is 6. The average Bonchev–Trinajstić information content (AvgIpc) is 3.39. The molecule has 9 nitrogen and oxygen atoms in total. The van der Waals surface area contributed by atoms with E-state index in [-0.39, 0.29) is 18.5 Å². The molecule has 0 bridgehead atoms. The summed E-state index contributed by atoms with van der Waals surface area (Å²) in [7, 11) is 0. The number of nitrogens with one attached hydrogen (secondary N) is 2. The molecule has 0 saturated carbocycles. The van der Waals surface area contributed by atoms with Gasteiger partial charge in [-0.05, 0) is 37.6 Å². The fourth-order valence-corrected chi connectivity index (χ4v) is 4.48. The summed E-state index contributed by atoms with van der Waals surface area (Å²) in [6, 6.07) is 4.96. The molecule has 31 heavy (non-hydrogen) atoms. The van der Waals surface area contributed by atoms with E-state index >= 15 is 0 Å². The highest BCUT2D eigenvalue weighted by Crippen LogP contribution is 2.29. The number of rotatable bonds is 7. The first kappa shape index (κ1) is 19.8. The topological polar surface area (TPSA) is 108 Å². The second kappa shape index (κ2) is 8.56. The molecule has 1 saturated heterocycles. The highest BCUT2D eigenvalue weighted by molar-refractivity contribution is 5.82. The molecule has 10 heteroatoms. The van der Waals surface area contributed by atoms with Crippen molar-refractivity contribution in [1.29, 1.82) is 0 Å². The average molecular weight is 424 g/mol. The molecule has 4 heterocycles. The molecule has 4 aromatic rings. The van der Waals surface area contributed by atoms with Gasteiger partial charge in [0, 0.05) is 32.1 Å². The van der Waals surface area contributed by atoms with Crippen molar-refractivity contribution in [1.82, 2.24) is 34.4 Å². The summed E-state index contributed by atoms with van der Waals surface area (Å²) in [6.07, 6.45) is 5.79. The van der Waals surface area contributed by atoms with Crippen molar-refractivity contribution in [3.63, 3.8) is 0 Å². The van der Waals surface area contributed by atoms with Gasteiger partial charge in [0.25, 0.3) is 0 Å². The van der Waals surface area contributed by atoms with E-state index in [1.54, 1.807) is 18.5 Å². The minimum atomic E-state index is -0.260. The Hall–Kier alpha value is -3.11. The summed E-state index contributed by atoms with van der Waals surface area (Å²) in [6.45, 7) is 3.21. The Morgan fingerprint density at radius 1 is 1.26 bits per heavy atom. The molecule has 0 unspecified atom stereocenters. The highest BCUT2D eigenvalue weighted by Gasteiger charge is 2.25. The molecule has 3 N–H and O–H groups in total. The van der Waals surface area contributed by atoms with Crippen molar-refractivity contribution in [3.05, 3.63) is 42.5 Å². The second-order valence-electron chi connectivity index (χ2n) is 7.85. The van der Waals surface area contributed by atoms with Crippen LogP contribution < -0.4 is 5.32 Å². The maximum Gasteiger partial charge on any atom is 0.182 e. The van der Waals surface area contributed by atoms with Gasteiger partial charge in [-0.3, -0.25) is 4.90 Å². The Morgan fingerprint density at radius 3 is 3.10 bits per heavy atom. The number of aromatic amines is 1. The van der Waals surface area contributed by atoms with E-state index in [0.29, 0.717) is 31.0 Å². The number of aliphatic hydroxyl groups is 1. The third-order valence-electron chi connectivity index (χ3n) is 5.85. The van der Waals surface area contributed by atoms with Gasteiger partial charge < -0.3 is 20.0 Å². The van der Waals surface area contributed by atoms with Gasteiger partial charge in [-0.2, -0.15) is 0 Å². The van der Waals surface area contributed by atoms with Gasteiger partial charge >= 0.3 is 0 Å². The molecule has 1 atom stereocenters. The molecule has 0 spiro atoms. The maximum absolute atomic E-state index is 14.1. The molecule has 0 radical (unpaired) electrons. The first-order valence-electron chi connectivity index (χ1n) is 10.6. The highest BCUT2D eigenvalue weighted by atomic mass is 19.1. The summed E-state index contributed by atoms with van der Waals surface area (Å²) in [5.74, 6) is 1.35. The summed E-state index contributed by atoms with van der Waals surface area (Å²) in [5, 5.41) is 12.7. The lowest BCUT2D eigenvalue weighted by Crippen LogP contribution is -2.38. The van der Waals surface area contributed by atoms with Crippen LogP contribution in [0.15, 0.2) is 30.9 Å². The maximum atomic E-state index is 14.1. The number of H-pyrrole nitrogens is 1. The van der Waals surface area contributed by atoms with Crippen LogP contribution in [0.2, 0.25) is 0 Å². The van der Waals surface area contributed by atoms with E-state index in [1.165, 1.54) is 12.4 Å². The largest absolute Gasteiger partial charge is 0.395 e. The van der Waals surface area contributed by atoms with Crippen molar-refractivity contribution in [2.24, 2.45) is 0 Å². The number of benzene rings is 1. The number of piperidine rings is 1. The first-order valence-corrected chi connectivity index (χ1v) is 10.6. The lowest BCUT2D eigenvalue weighted by atomic mass is 10.0. The zero-order chi connectivity index (χ0) is 21.2. The van der Waals surface area contributed by atoms with Crippen molar-refractivity contribution >= 4 is 28.0 Å². The van der Waals surface area contributed by atoms with Crippen LogP contribution in [0.4, 0.5) is 10.2 Å². The number of anilines is 1. The number of hydrogen-bond donors (Lipinski definition) is 3. The Bertz CT molecular complexity index is 1190. The zero-order valence-corrected chi connectivity index (χ0v) is 17.1. The molecule has 5 rings (SSSR count). The van der Waals surface area contributed by atoms with Crippen LogP contribution in [-0.2, 0) is 6.42 Å². The second-order valence-corrected chi connectivity index (χ2v) is 7.85. The smallest absolute Gasteiger partial charge is 0.182 e. The molecular weight excluding hydrogens is 399 g/mol. The molecular formula is C21H25FN8O. The van der Waals surface area contributed by atoms with E-state index < -0.39 is 0 Å². The summed E-state index contributed by atoms with van der Waals surface area (Å²) in [4.78, 5) is 22.7. The molecule has 1 aliphatic rings. The third-order valence-corrected chi connectivity index (χ3v) is 5.85. The quantitative estimate of drug-likeness (QED) is 0.417. The van der Waals surface area contributed by atoms with Gasteiger partial charge in [0.1, 0.15) is 23.5 Å². The molecule has 0 amide bonds. The van der Waals surface area contributed by atoms with Crippen LogP contribution in [0, 0.1) is 5.82 Å². The fourth-order valence-electron chi connectivity index (χ4n) is 4.48. The number of likely N-dealkylation sites (tertiary alicyclic amines) is 1. The third kappa shape index (κ3) is 3.96. The van der Waals surface area contributed by atoms with Crippen molar-refractivity contribution in [2.45, 2.75) is 25.3 Å². The van der Waals surface area contributed by atoms with Gasteiger partial charge in [-0.15, -0.1) is 0 Å². The van der Waals surface area contributed by atoms with E-state index in [4.69, 9.17) is 4.98 Å². The lowest BCUT2D eigenvalue weighted by molar-refractivity contribution is 0.143. The molecule has 0 aliphatic carbocycles. The predicted molar refractivity (Wildman–Crippen MR) is 115 cm³/mol. The number of hydrogen-bond acceptors (Lipinski definition) is 7. The van der Waals surface area contributed by atoms with Gasteiger partial charge in [0.05, 0.1) is 24.0 Å². The summed E-state index contributed by atoms with van der Waals surface area (Å²) >= 11 is 0. The molecule has 1 aromatic carbocycles. The number of imidazole rings is 2. The van der Waals surface area contributed by atoms with Crippen LogP contribution >= 0.6 is 0 Å². The molecule has 1 aliphatic heterocycles. The number of aromatic nitrogens is 6. The Labute approximate surface area is 178 Å². The van der Waals surface area contributed by atoms with Crippen molar-refractivity contribution in [2.75, 3.05) is 38.1 Å². The normalized spacial score (nSPS) is 17.5. The standard InChI is InChI=1S/C21H25FN8O/c22-14-3-4-16-17(10-14)30(15-2-1-7-29(11-15)8-9-31)18(28-16)5-6-23-20-19-21(25-12-24-19)27-13-26-20/h3-4,10,12-13,15,31H,1-2,5-9,11H2,(H2,23,24,25,26,27)/t15-/m0/s1. The molecule has 3 aromatic heterocycles. The van der Waals surface area contributed by atoms with E-state index in [0.717, 1.165) is 48.3 Å². The number of aliphatic hydroxyl groups excluding tert-OH is 1. The van der Waals surface area contributed by atoms with Crippen LogP contribution in [-0.4, -0.2) is 72.3 Å². The number of halogens is 1. The lowest BCUT2D eigenvalue weighted by Gasteiger charge is -2.34. The monoisotopic (exact) mass is 424 g/mol. The van der Waals surface area contributed by atoms with Gasteiger partial charge in [0.2, 0.25) is 0 Å². The SMILES string of the molecule is OCCN1CCC[C@H](n2c(CCNc3ncnc4nc[nH]c34)nc3ccc(F)cc32)C1. The van der Waals surface area contributed by atoms with Crippen molar-refractivity contribution < 1.29 is 9.50 Å². The van der Waals surface area contributed by atoms with E-state index in [1.807, 2.05) is 0 Å².